The maximum atomic E-state index is 11.4. The Morgan fingerprint density at radius 2 is 2.17 bits per heavy atom. The second-order valence-corrected chi connectivity index (χ2v) is 4.29. The Morgan fingerprint density at radius 3 is 2.83 bits per heavy atom. The molecule has 5 N–H and O–H groups in total. The summed E-state index contributed by atoms with van der Waals surface area (Å²) in [6.45, 7) is 2.48. The van der Waals surface area contributed by atoms with Crippen molar-refractivity contribution in [3.8, 4) is 0 Å². The van der Waals surface area contributed by atoms with Crippen molar-refractivity contribution in [1.82, 2.24) is 4.98 Å². The highest BCUT2D eigenvalue weighted by molar-refractivity contribution is 6.06. The van der Waals surface area contributed by atoms with E-state index in [2.05, 4.69) is 10.3 Å². The van der Waals surface area contributed by atoms with Gasteiger partial charge in [0.1, 0.15) is 5.82 Å². The van der Waals surface area contributed by atoms with E-state index in [1.54, 1.807) is 6.07 Å². The lowest BCUT2D eigenvalue weighted by molar-refractivity contribution is 0.100. The van der Waals surface area contributed by atoms with Crippen molar-refractivity contribution in [1.29, 1.82) is 0 Å². The molecule has 0 aliphatic heterocycles. The third kappa shape index (κ3) is 2.57. The van der Waals surface area contributed by atoms with Crippen LogP contribution in [0.2, 0.25) is 0 Å². The lowest BCUT2D eigenvalue weighted by Crippen LogP contribution is -2.25. The first-order valence-corrected chi connectivity index (χ1v) is 5.77. The zero-order chi connectivity index (χ0) is 13.1. The topological polar surface area (TPSA) is 94.0 Å². The smallest absolute Gasteiger partial charge is 0.249 e. The number of pyridine rings is 1. The molecule has 0 radical (unpaired) electrons. The molecule has 0 aliphatic carbocycles. The van der Waals surface area contributed by atoms with Crippen molar-refractivity contribution in [3.63, 3.8) is 0 Å². The molecule has 1 heterocycles. The molecule has 0 spiro atoms. The monoisotopic (exact) mass is 244 g/mol. The van der Waals surface area contributed by atoms with Crippen LogP contribution in [-0.2, 0) is 0 Å². The summed E-state index contributed by atoms with van der Waals surface area (Å²) in [5.74, 6) is 0.150. The average molecular weight is 244 g/mol. The van der Waals surface area contributed by atoms with Gasteiger partial charge < -0.3 is 16.8 Å². The highest BCUT2D eigenvalue weighted by atomic mass is 16.1. The zero-order valence-electron chi connectivity index (χ0n) is 10.2. The molecule has 18 heavy (non-hydrogen) atoms. The summed E-state index contributed by atoms with van der Waals surface area (Å²) in [5.41, 5.74) is 12.3. The number of rotatable bonds is 4. The van der Waals surface area contributed by atoms with Crippen LogP contribution in [0, 0.1) is 0 Å². The fourth-order valence-corrected chi connectivity index (χ4v) is 1.74. The van der Waals surface area contributed by atoms with Gasteiger partial charge in [-0.2, -0.15) is 0 Å². The van der Waals surface area contributed by atoms with Gasteiger partial charge in [-0.3, -0.25) is 4.79 Å². The van der Waals surface area contributed by atoms with E-state index in [1.165, 1.54) is 0 Å². The van der Waals surface area contributed by atoms with Gasteiger partial charge in [-0.05, 0) is 19.1 Å². The predicted molar refractivity (Wildman–Crippen MR) is 72.4 cm³/mol. The Labute approximate surface area is 105 Å². The number of fused-ring (bicyclic) bond motifs is 1. The number of hydrogen-bond acceptors (Lipinski definition) is 4. The standard InChI is InChI=1S/C13H16N4O/c1-8(14)7-16-12-6-10(13(15)18)9-4-2-3-5-11(9)17-12/h2-6,8H,7,14H2,1H3,(H2,15,18)(H,16,17). The average Bonchev–Trinajstić information content (AvgIpc) is 2.35. The summed E-state index contributed by atoms with van der Waals surface area (Å²) in [5, 5.41) is 3.85. The van der Waals surface area contributed by atoms with Crippen molar-refractivity contribution >= 4 is 22.6 Å². The van der Waals surface area contributed by atoms with Gasteiger partial charge in [0.15, 0.2) is 0 Å². The van der Waals surface area contributed by atoms with Crippen LogP contribution in [0.5, 0.6) is 0 Å². The maximum absolute atomic E-state index is 11.4. The third-order valence-electron chi connectivity index (χ3n) is 2.59. The number of benzene rings is 1. The molecular weight excluding hydrogens is 228 g/mol. The maximum Gasteiger partial charge on any atom is 0.249 e. The Kier molecular flexibility index (Phi) is 3.43. The Bertz CT molecular complexity index is 580. The van der Waals surface area contributed by atoms with Gasteiger partial charge in [0, 0.05) is 18.0 Å². The van der Waals surface area contributed by atoms with E-state index in [9.17, 15) is 4.79 Å². The number of para-hydroxylation sites is 1. The molecular formula is C13H16N4O. The molecule has 0 aliphatic rings. The Balaban J connectivity index is 2.47. The van der Waals surface area contributed by atoms with Crippen LogP contribution in [0.1, 0.15) is 17.3 Å². The minimum Gasteiger partial charge on any atom is -0.368 e. The minimum atomic E-state index is -0.461. The second-order valence-electron chi connectivity index (χ2n) is 4.29. The summed E-state index contributed by atoms with van der Waals surface area (Å²) in [4.78, 5) is 15.9. The highest BCUT2D eigenvalue weighted by Gasteiger charge is 2.09. The summed E-state index contributed by atoms with van der Waals surface area (Å²) in [6.07, 6.45) is 0. The Morgan fingerprint density at radius 1 is 1.44 bits per heavy atom. The fraction of sp³-hybridized carbons (Fsp3) is 0.231. The molecule has 1 amide bonds. The molecule has 2 rings (SSSR count). The van der Waals surface area contributed by atoms with E-state index >= 15 is 0 Å². The molecule has 1 atom stereocenters. The first-order chi connectivity index (χ1) is 8.58. The zero-order valence-corrected chi connectivity index (χ0v) is 10.2. The van der Waals surface area contributed by atoms with Crippen LogP contribution in [0.4, 0.5) is 5.82 Å². The number of nitrogens with two attached hydrogens (primary N) is 2. The number of primary amides is 1. The molecule has 0 fully saturated rings. The van der Waals surface area contributed by atoms with E-state index in [0.29, 0.717) is 17.9 Å². The number of nitrogens with one attached hydrogen (secondary N) is 1. The van der Waals surface area contributed by atoms with Crippen LogP contribution >= 0.6 is 0 Å². The molecule has 5 nitrogen and oxygen atoms in total. The van der Waals surface area contributed by atoms with E-state index in [4.69, 9.17) is 11.5 Å². The van der Waals surface area contributed by atoms with Gasteiger partial charge in [-0.1, -0.05) is 18.2 Å². The molecule has 94 valence electrons. The molecule has 2 aromatic rings. The number of hydrogen-bond donors (Lipinski definition) is 3. The van der Waals surface area contributed by atoms with Crippen LogP contribution in [0.25, 0.3) is 10.9 Å². The largest absolute Gasteiger partial charge is 0.368 e. The molecule has 1 unspecified atom stereocenters. The summed E-state index contributed by atoms with van der Waals surface area (Å²) >= 11 is 0. The number of carbonyl (C=O) groups excluding carboxylic acids is 1. The number of nitrogens with zero attached hydrogens (tertiary/aromatic N) is 1. The van der Waals surface area contributed by atoms with Crippen molar-refractivity contribution < 1.29 is 4.79 Å². The molecule has 0 bridgehead atoms. The number of aromatic nitrogens is 1. The summed E-state index contributed by atoms with van der Waals surface area (Å²) in [6, 6.07) is 9.07. The van der Waals surface area contributed by atoms with Crippen LogP contribution < -0.4 is 16.8 Å². The van der Waals surface area contributed by atoms with E-state index < -0.39 is 5.91 Å². The number of anilines is 1. The lowest BCUT2D eigenvalue weighted by Gasteiger charge is -2.11. The molecule has 0 saturated heterocycles. The van der Waals surface area contributed by atoms with Gasteiger partial charge in [0.05, 0.1) is 11.1 Å². The highest BCUT2D eigenvalue weighted by Crippen LogP contribution is 2.20. The predicted octanol–water partition coefficient (Wildman–Crippen LogP) is 1.09. The fourth-order valence-electron chi connectivity index (χ4n) is 1.74. The van der Waals surface area contributed by atoms with E-state index in [-0.39, 0.29) is 6.04 Å². The first-order valence-electron chi connectivity index (χ1n) is 5.77. The van der Waals surface area contributed by atoms with Crippen LogP contribution in [0.15, 0.2) is 30.3 Å². The normalized spacial score (nSPS) is 12.3. The minimum absolute atomic E-state index is 0.00954. The third-order valence-corrected chi connectivity index (χ3v) is 2.59. The van der Waals surface area contributed by atoms with Gasteiger partial charge >= 0.3 is 0 Å². The van der Waals surface area contributed by atoms with Crippen LogP contribution in [0.3, 0.4) is 0 Å². The molecule has 0 saturated carbocycles. The number of carbonyl (C=O) groups is 1. The molecule has 1 aromatic heterocycles. The molecule has 1 aromatic carbocycles. The van der Waals surface area contributed by atoms with E-state index in [1.807, 2.05) is 31.2 Å². The summed E-state index contributed by atoms with van der Waals surface area (Å²) in [7, 11) is 0. The van der Waals surface area contributed by atoms with Crippen molar-refractivity contribution in [2.24, 2.45) is 11.5 Å². The SMILES string of the molecule is CC(N)CNc1cc(C(N)=O)c2ccccc2n1. The summed E-state index contributed by atoms with van der Waals surface area (Å²) < 4.78 is 0. The van der Waals surface area contributed by atoms with Gasteiger partial charge in [0.2, 0.25) is 5.91 Å². The van der Waals surface area contributed by atoms with Gasteiger partial charge in [0.25, 0.3) is 0 Å². The first kappa shape index (κ1) is 12.3. The van der Waals surface area contributed by atoms with Crippen molar-refractivity contribution in [2.75, 3.05) is 11.9 Å². The van der Waals surface area contributed by atoms with Crippen molar-refractivity contribution in [3.05, 3.63) is 35.9 Å². The van der Waals surface area contributed by atoms with Crippen LogP contribution in [-0.4, -0.2) is 23.5 Å². The quantitative estimate of drug-likeness (QED) is 0.750. The number of amides is 1. The van der Waals surface area contributed by atoms with Gasteiger partial charge in [-0.15, -0.1) is 0 Å². The van der Waals surface area contributed by atoms with E-state index in [0.717, 1.165) is 10.9 Å². The van der Waals surface area contributed by atoms with Crippen molar-refractivity contribution in [2.45, 2.75) is 13.0 Å². The lowest BCUT2D eigenvalue weighted by atomic mass is 10.1. The Hall–Kier alpha value is -2.14. The molecule has 5 heteroatoms. The second kappa shape index (κ2) is 5.01. The van der Waals surface area contributed by atoms with Gasteiger partial charge in [-0.25, -0.2) is 4.98 Å².